The van der Waals surface area contributed by atoms with Crippen molar-refractivity contribution in [3.63, 3.8) is 0 Å². The molecule has 5 aliphatic heterocycles. The molecular weight excluding hydrogens is 812 g/mol. The molecule has 0 bridgehead atoms. The van der Waals surface area contributed by atoms with Crippen molar-refractivity contribution in [2.75, 3.05) is 19.8 Å². The van der Waals surface area contributed by atoms with Crippen LogP contribution in [0.4, 0.5) is 0 Å². The molecular formula is C45H72O17. The molecule has 9 aliphatic rings. The number of aliphatic hydroxyl groups is 9. The van der Waals surface area contributed by atoms with Crippen molar-refractivity contribution in [1.29, 1.82) is 0 Å². The van der Waals surface area contributed by atoms with Crippen molar-refractivity contribution >= 4 is 0 Å². The van der Waals surface area contributed by atoms with Gasteiger partial charge in [0, 0.05) is 12.3 Å². The lowest BCUT2D eigenvalue weighted by atomic mass is 9.47. The summed E-state index contributed by atoms with van der Waals surface area (Å²) in [6, 6.07) is 0. The predicted molar refractivity (Wildman–Crippen MR) is 214 cm³/mol. The highest BCUT2D eigenvalue weighted by Crippen LogP contribution is 2.70. The van der Waals surface area contributed by atoms with Gasteiger partial charge in [-0.25, -0.2) is 0 Å². The summed E-state index contributed by atoms with van der Waals surface area (Å²) in [5.74, 6) is 2.56. The van der Waals surface area contributed by atoms with Crippen LogP contribution < -0.4 is 0 Å². The van der Waals surface area contributed by atoms with Gasteiger partial charge in [0.15, 0.2) is 24.7 Å². The quantitative estimate of drug-likeness (QED) is 0.148. The number of rotatable bonds is 8. The first-order chi connectivity index (χ1) is 29.4. The van der Waals surface area contributed by atoms with Crippen molar-refractivity contribution in [2.45, 2.75) is 203 Å². The van der Waals surface area contributed by atoms with E-state index in [0.717, 1.165) is 51.6 Å². The molecule has 9 rings (SSSR count). The van der Waals surface area contributed by atoms with Gasteiger partial charge in [-0.3, -0.25) is 0 Å². The average molecular weight is 885 g/mol. The number of hydrogen-bond donors (Lipinski definition) is 9. The zero-order valence-corrected chi connectivity index (χ0v) is 36.6. The maximum atomic E-state index is 12.0. The summed E-state index contributed by atoms with van der Waals surface area (Å²) in [6.07, 6.45) is -12.0. The van der Waals surface area contributed by atoms with Crippen molar-refractivity contribution in [2.24, 2.45) is 46.3 Å². The maximum Gasteiger partial charge on any atom is 0.187 e. The van der Waals surface area contributed by atoms with E-state index in [9.17, 15) is 46.0 Å². The van der Waals surface area contributed by atoms with Crippen LogP contribution in [-0.2, 0) is 37.9 Å². The Hall–Kier alpha value is -0.940. The molecule has 17 heteroatoms. The molecule has 0 aromatic heterocycles. The summed E-state index contributed by atoms with van der Waals surface area (Å²) >= 11 is 0. The topological polar surface area (TPSA) is 256 Å². The van der Waals surface area contributed by atoms with Gasteiger partial charge in [-0.2, -0.15) is 0 Å². The Morgan fingerprint density at radius 2 is 1.35 bits per heavy atom. The van der Waals surface area contributed by atoms with E-state index in [1.807, 2.05) is 0 Å². The average Bonchev–Trinajstić information content (AvgIpc) is 3.70. The maximum absolute atomic E-state index is 12.0. The van der Waals surface area contributed by atoms with Crippen LogP contribution in [0.5, 0.6) is 0 Å². The lowest BCUT2D eigenvalue weighted by Gasteiger charge is -2.58. The highest BCUT2D eigenvalue weighted by Gasteiger charge is 2.69. The molecule has 26 atom stereocenters. The standard InChI is InChI=1S/C45H72O17/c1-19-8-13-45(55-18-19)20(2)30-27(62-45)15-26-24-7-6-22-14-23(9-11-43(22,4)25(24)10-12-44(26,30)5)57-42-39(61-40-35(52)33(50)31(48)21(3)56-40)37(54)38(29(17-47)59-42)60-41-36(53)34(51)32(49)28(16-46)58-41/h6,19-21,23-42,46-54H,7-18H2,1-5H3/t19-,20?,21+,23-,24+,25?,26?,27?,28+,29+,30?,31+,32+,33+,34+,35+,36+,37+,38+,39+,40-,41-,42+,43-,44-,45?/m0/s1. The third-order valence-electron chi connectivity index (χ3n) is 17.7. The Kier molecular flexibility index (Phi) is 12.9. The van der Waals surface area contributed by atoms with Gasteiger partial charge < -0.3 is 83.9 Å². The second kappa shape index (κ2) is 17.3. The Morgan fingerprint density at radius 3 is 2.05 bits per heavy atom. The summed E-state index contributed by atoms with van der Waals surface area (Å²) in [5.41, 5.74) is 1.48. The molecule has 354 valence electrons. The minimum Gasteiger partial charge on any atom is -0.394 e. The predicted octanol–water partition coefficient (Wildman–Crippen LogP) is 0.214. The van der Waals surface area contributed by atoms with Crippen LogP contribution in [0.15, 0.2) is 11.6 Å². The highest BCUT2D eigenvalue weighted by molar-refractivity contribution is 5.26. The Morgan fingerprint density at radius 1 is 0.677 bits per heavy atom. The SMILES string of the molecule is CC1C2C(CC3[C@@H]4CC=C5C[C@@H](O[C@@H]6O[C@H](CO)[C@@H](O[C@@H]7O[C@H](CO)[C@@H](O)[C@@H](O)[C@H]7O)[C@@H](O)[C@H]6O[C@@H]6O[C@H](C)[C@@H](O)[C@@H](O)[C@H]6O)CC[C@]5(C)C4CC[C@]23C)OC12CC[C@H](C)CO2. The van der Waals surface area contributed by atoms with Gasteiger partial charge in [0.2, 0.25) is 0 Å². The molecule has 0 amide bonds. The van der Waals surface area contributed by atoms with E-state index in [2.05, 4.69) is 33.8 Å². The Labute approximate surface area is 363 Å². The molecule has 0 radical (unpaired) electrons. The van der Waals surface area contributed by atoms with Crippen LogP contribution >= 0.6 is 0 Å². The van der Waals surface area contributed by atoms with Crippen LogP contribution in [0, 0.1) is 46.3 Å². The largest absolute Gasteiger partial charge is 0.394 e. The van der Waals surface area contributed by atoms with Crippen molar-refractivity contribution in [3.05, 3.63) is 11.6 Å². The number of fused-ring (bicyclic) bond motifs is 7. The minimum atomic E-state index is -1.82. The lowest BCUT2D eigenvalue weighted by molar-refractivity contribution is -0.389. The monoisotopic (exact) mass is 884 g/mol. The summed E-state index contributed by atoms with van der Waals surface area (Å²) in [5, 5.41) is 95.7. The van der Waals surface area contributed by atoms with Crippen LogP contribution in [0.25, 0.3) is 0 Å². The summed E-state index contributed by atoms with van der Waals surface area (Å²) in [7, 11) is 0. The number of aliphatic hydroxyl groups excluding tert-OH is 9. The summed E-state index contributed by atoms with van der Waals surface area (Å²) in [4.78, 5) is 0. The van der Waals surface area contributed by atoms with E-state index in [4.69, 9.17) is 37.9 Å². The van der Waals surface area contributed by atoms with E-state index in [-0.39, 0.29) is 23.0 Å². The fourth-order valence-corrected chi connectivity index (χ4v) is 14.0. The molecule has 1 spiro atoms. The Bertz CT molecular complexity index is 1610. The van der Waals surface area contributed by atoms with Gasteiger partial charge in [0.1, 0.15) is 67.1 Å². The normalized spacial score (nSPS) is 57.6. The van der Waals surface area contributed by atoms with Crippen molar-refractivity contribution < 1.29 is 83.9 Å². The highest BCUT2D eigenvalue weighted by atomic mass is 16.8. The first kappa shape index (κ1) is 46.2. The smallest absolute Gasteiger partial charge is 0.187 e. The molecule has 8 fully saturated rings. The molecule has 3 saturated carbocycles. The van der Waals surface area contributed by atoms with Crippen LogP contribution in [0.1, 0.15) is 92.4 Å². The fourth-order valence-electron chi connectivity index (χ4n) is 14.0. The molecule has 9 N–H and O–H groups in total. The van der Waals surface area contributed by atoms with Crippen LogP contribution in [0.2, 0.25) is 0 Å². The van der Waals surface area contributed by atoms with Crippen molar-refractivity contribution in [1.82, 2.24) is 0 Å². The van der Waals surface area contributed by atoms with Gasteiger partial charge in [-0.05, 0) is 98.7 Å². The number of ether oxygens (including phenoxy) is 8. The van der Waals surface area contributed by atoms with E-state index < -0.39 is 111 Å². The lowest BCUT2D eigenvalue weighted by Crippen LogP contribution is -2.67. The zero-order chi connectivity index (χ0) is 44.2. The minimum absolute atomic E-state index is 0.0356. The van der Waals surface area contributed by atoms with E-state index >= 15 is 0 Å². The van der Waals surface area contributed by atoms with Gasteiger partial charge in [-0.1, -0.05) is 39.3 Å². The number of allylic oxidation sites excluding steroid dienone is 1. The van der Waals surface area contributed by atoms with Gasteiger partial charge >= 0.3 is 0 Å². The first-order valence-electron chi connectivity index (χ1n) is 23.4. The Balaban J connectivity index is 0.917. The molecule has 4 aliphatic carbocycles. The molecule has 17 nitrogen and oxygen atoms in total. The second-order valence-corrected chi connectivity index (χ2v) is 21.1. The van der Waals surface area contributed by atoms with Crippen LogP contribution in [0.3, 0.4) is 0 Å². The van der Waals surface area contributed by atoms with Gasteiger partial charge in [-0.15, -0.1) is 0 Å². The molecule has 6 unspecified atom stereocenters. The van der Waals surface area contributed by atoms with Crippen molar-refractivity contribution in [3.8, 4) is 0 Å². The second-order valence-electron chi connectivity index (χ2n) is 21.1. The van der Waals surface area contributed by atoms with E-state index in [1.54, 1.807) is 0 Å². The van der Waals surface area contributed by atoms with Gasteiger partial charge in [0.05, 0.1) is 38.1 Å². The molecule has 5 saturated heterocycles. The van der Waals surface area contributed by atoms with E-state index in [1.165, 1.54) is 12.5 Å². The van der Waals surface area contributed by atoms with E-state index in [0.29, 0.717) is 48.3 Å². The summed E-state index contributed by atoms with van der Waals surface area (Å²) < 4.78 is 49.9. The number of hydrogen-bond acceptors (Lipinski definition) is 17. The molecule has 5 heterocycles. The molecule has 0 aromatic carbocycles. The third kappa shape index (κ3) is 7.49. The van der Waals surface area contributed by atoms with Gasteiger partial charge in [0.25, 0.3) is 0 Å². The zero-order valence-electron chi connectivity index (χ0n) is 36.6. The first-order valence-corrected chi connectivity index (χ1v) is 23.4. The molecule has 62 heavy (non-hydrogen) atoms. The summed E-state index contributed by atoms with van der Waals surface area (Å²) in [6.45, 7) is 10.4. The van der Waals surface area contributed by atoms with Crippen LogP contribution in [-0.4, -0.2) is 176 Å². The molecule has 0 aromatic rings. The third-order valence-corrected chi connectivity index (χ3v) is 17.7. The fraction of sp³-hybridized carbons (Fsp3) is 0.956.